The zero-order chi connectivity index (χ0) is 10.6. The smallest absolute Gasteiger partial charge is 0.139 e. The summed E-state index contributed by atoms with van der Waals surface area (Å²) in [5.74, 6) is 0.529. The van der Waals surface area contributed by atoms with E-state index in [4.69, 9.17) is 0 Å². The number of rotatable bonds is 5. The predicted molar refractivity (Wildman–Crippen MR) is 53.5 cm³/mol. The maximum atomic E-state index is 11.7. The Kier molecular flexibility index (Phi) is 4.89. The van der Waals surface area contributed by atoms with E-state index in [1.807, 2.05) is 27.7 Å². The lowest BCUT2D eigenvalue weighted by Gasteiger charge is -2.20. The van der Waals surface area contributed by atoms with Crippen LogP contribution in [0.2, 0.25) is 0 Å². The lowest BCUT2D eigenvalue weighted by molar-refractivity contribution is -0.130. The van der Waals surface area contributed by atoms with Crippen molar-refractivity contribution in [3.63, 3.8) is 0 Å². The fourth-order valence-corrected chi connectivity index (χ4v) is 1.40. The van der Waals surface area contributed by atoms with Crippen molar-refractivity contribution in [2.75, 3.05) is 0 Å². The van der Waals surface area contributed by atoms with E-state index >= 15 is 0 Å². The van der Waals surface area contributed by atoms with Gasteiger partial charge in [-0.3, -0.25) is 4.79 Å². The summed E-state index contributed by atoms with van der Waals surface area (Å²) in [6.45, 7) is 9.31. The summed E-state index contributed by atoms with van der Waals surface area (Å²) < 4.78 is 0. The first-order valence-electron chi connectivity index (χ1n) is 4.89. The van der Waals surface area contributed by atoms with Crippen LogP contribution < -0.4 is 0 Å². The third-order valence-electron chi connectivity index (χ3n) is 2.25. The van der Waals surface area contributed by atoms with Gasteiger partial charge in [0.05, 0.1) is 0 Å². The molecule has 0 N–H and O–H groups in total. The van der Waals surface area contributed by atoms with Crippen LogP contribution in [0.1, 0.15) is 41.0 Å². The zero-order valence-electron chi connectivity index (χ0n) is 9.26. The molecule has 0 radical (unpaired) electrons. The summed E-state index contributed by atoms with van der Waals surface area (Å²) in [7, 11) is 0. The Morgan fingerprint density at radius 2 is 1.54 bits per heavy atom. The second-order valence-electron chi connectivity index (χ2n) is 4.31. The Balaban J connectivity index is 4.42. The molecule has 1 unspecified atom stereocenters. The second kappa shape index (κ2) is 5.15. The molecule has 76 valence electrons. The molecule has 0 aromatic heterocycles. The number of ketones is 2. The summed E-state index contributed by atoms with van der Waals surface area (Å²) in [5, 5.41) is 0. The van der Waals surface area contributed by atoms with E-state index < -0.39 is 0 Å². The van der Waals surface area contributed by atoms with E-state index in [1.54, 1.807) is 6.92 Å². The average Bonchev–Trinajstić information content (AvgIpc) is 1.97. The fourth-order valence-electron chi connectivity index (χ4n) is 1.40. The molecule has 0 aliphatic heterocycles. The van der Waals surface area contributed by atoms with Gasteiger partial charge in [0.2, 0.25) is 0 Å². The molecule has 1 atom stereocenters. The normalized spacial score (nSPS) is 13.5. The lowest BCUT2D eigenvalue weighted by atomic mass is 9.83. The van der Waals surface area contributed by atoms with E-state index in [1.165, 1.54) is 0 Å². The van der Waals surface area contributed by atoms with Crippen LogP contribution in [-0.2, 0) is 9.59 Å². The third-order valence-corrected chi connectivity index (χ3v) is 2.25. The molecule has 0 aromatic carbocycles. The number of hydrogen-bond acceptors (Lipinski definition) is 2. The highest BCUT2D eigenvalue weighted by molar-refractivity contribution is 5.88. The average molecular weight is 184 g/mol. The highest BCUT2D eigenvalue weighted by Crippen LogP contribution is 2.20. The number of Topliss-reactive ketones (excluding diaryl/α,β-unsaturated/α-hetero) is 2. The third kappa shape index (κ3) is 4.20. The van der Waals surface area contributed by atoms with Crippen LogP contribution in [-0.4, -0.2) is 11.6 Å². The van der Waals surface area contributed by atoms with Crippen LogP contribution in [0.5, 0.6) is 0 Å². The first-order chi connectivity index (χ1) is 5.86. The number of carbonyl (C=O) groups is 2. The van der Waals surface area contributed by atoms with Crippen molar-refractivity contribution in [2.24, 2.45) is 17.8 Å². The molecular weight excluding hydrogens is 164 g/mol. The summed E-state index contributed by atoms with van der Waals surface area (Å²) in [5.41, 5.74) is 0. The molecule has 0 heterocycles. The van der Waals surface area contributed by atoms with Gasteiger partial charge in [-0.1, -0.05) is 27.7 Å². The summed E-state index contributed by atoms with van der Waals surface area (Å²) in [6, 6.07) is 0. The highest BCUT2D eigenvalue weighted by Gasteiger charge is 2.25. The first-order valence-corrected chi connectivity index (χ1v) is 4.89. The Morgan fingerprint density at radius 3 is 1.77 bits per heavy atom. The largest absolute Gasteiger partial charge is 0.300 e. The SMILES string of the molecule is CC(=O)CC(C(=O)C(C)C)C(C)C. The van der Waals surface area contributed by atoms with Crippen LogP contribution in [0.15, 0.2) is 0 Å². The van der Waals surface area contributed by atoms with E-state index in [2.05, 4.69) is 0 Å². The van der Waals surface area contributed by atoms with Crippen molar-refractivity contribution < 1.29 is 9.59 Å². The van der Waals surface area contributed by atoms with Crippen molar-refractivity contribution in [2.45, 2.75) is 41.0 Å². The van der Waals surface area contributed by atoms with Crippen molar-refractivity contribution >= 4 is 11.6 Å². The first kappa shape index (κ1) is 12.3. The molecule has 0 aliphatic rings. The molecule has 0 saturated carbocycles. The van der Waals surface area contributed by atoms with Crippen LogP contribution in [0.4, 0.5) is 0 Å². The molecule has 2 heteroatoms. The van der Waals surface area contributed by atoms with Crippen molar-refractivity contribution in [1.82, 2.24) is 0 Å². The maximum Gasteiger partial charge on any atom is 0.139 e. The van der Waals surface area contributed by atoms with Crippen molar-refractivity contribution in [3.8, 4) is 0 Å². The van der Waals surface area contributed by atoms with Gasteiger partial charge in [0, 0.05) is 18.3 Å². The molecule has 0 spiro atoms. The summed E-state index contributed by atoms with van der Waals surface area (Å²) in [6.07, 6.45) is 0.398. The summed E-state index contributed by atoms with van der Waals surface area (Å²) >= 11 is 0. The van der Waals surface area contributed by atoms with Crippen LogP contribution in [0.25, 0.3) is 0 Å². The second-order valence-corrected chi connectivity index (χ2v) is 4.31. The molecule has 2 nitrogen and oxygen atoms in total. The topological polar surface area (TPSA) is 34.1 Å². The van der Waals surface area contributed by atoms with Crippen LogP contribution in [0, 0.1) is 17.8 Å². The van der Waals surface area contributed by atoms with Gasteiger partial charge in [-0.15, -0.1) is 0 Å². The Labute approximate surface area is 80.7 Å². The Morgan fingerprint density at radius 1 is 1.08 bits per heavy atom. The van der Waals surface area contributed by atoms with E-state index in [0.29, 0.717) is 6.42 Å². The minimum Gasteiger partial charge on any atom is -0.300 e. The van der Waals surface area contributed by atoms with E-state index in [9.17, 15) is 9.59 Å². The predicted octanol–water partition coefficient (Wildman–Crippen LogP) is 2.46. The van der Waals surface area contributed by atoms with Gasteiger partial charge < -0.3 is 4.79 Å². The van der Waals surface area contributed by atoms with Gasteiger partial charge in [-0.2, -0.15) is 0 Å². The quantitative estimate of drug-likeness (QED) is 0.657. The van der Waals surface area contributed by atoms with Crippen LogP contribution in [0.3, 0.4) is 0 Å². The molecule has 0 aromatic rings. The van der Waals surface area contributed by atoms with E-state index in [-0.39, 0.29) is 29.3 Å². The molecule has 13 heavy (non-hydrogen) atoms. The van der Waals surface area contributed by atoms with Gasteiger partial charge in [-0.05, 0) is 12.8 Å². The van der Waals surface area contributed by atoms with Gasteiger partial charge >= 0.3 is 0 Å². The van der Waals surface area contributed by atoms with Crippen LogP contribution >= 0.6 is 0 Å². The number of hydrogen-bond donors (Lipinski definition) is 0. The highest BCUT2D eigenvalue weighted by atomic mass is 16.1. The monoisotopic (exact) mass is 184 g/mol. The Hall–Kier alpha value is -0.660. The van der Waals surface area contributed by atoms with Gasteiger partial charge in [0.1, 0.15) is 11.6 Å². The minimum atomic E-state index is -0.0856. The molecule has 0 amide bonds. The fraction of sp³-hybridized carbons (Fsp3) is 0.818. The molecular formula is C11H20O2. The Bertz CT molecular complexity index is 192. The lowest BCUT2D eigenvalue weighted by Crippen LogP contribution is -2.26. The van der Waals surface area contributed by atoms with Crippen molar-refractivity contribution in [3.05, 3.63) is 0 Å². The standard InChI is InChI=1S/C11H20O2/c1-7(2)10(6-9(5)12)11(13)8(3)4/h7-8,10H,6H2,1-5H3. The number of carbonyl (C=O) groups excluding carboxylic acids is 2. The van der Waals surface area contributed by atoms with Gasteiger partial charge in [0.25, 0.3) is 0 Å². The summed E-state index contributed by atoms with van der Waals surface area (Å²) in [4.78, 5) is 22.6. The molecule has 0 saturated heterocycles. The van der Waals surface area contributed by atoms with E-state index in [0.717, 1.165) is 0 Å². The molecule has 0 bridgehead atoms. The molecule has 0 aliphatic carbocycles. The van der Waals surface area contributed by atoms with Gasteiger partial charge in [-0.25, -0.2) is 0 Å². The molecule has 0 rings (SSSR count). The minimum absolute atomic E-state index is 0.0340. The molecule has 0 fully saturated rings. The van der Waals surface area contributed by atoms with Gasteiger partial charge in [0.15, 0.2) is 0 Å². The maximum absolute atomic E-state index is 11.7. The van der Waals surface area contributed by atoms with Crippen molar-refractivity contribution in [1.29, 1.82) is 0 Å². The zero-order valence-corrected chi connectivity index (χ0v) is 9.26.